The van der Waals surface area contributed by atoms with Gasteiger partial charge in [0.05, 0.1) is 0 Å². The predicted molar refractivity (Wildman–Crippen MR) is 84.9 cm³/mol. The SMILES string of the molecule is CCC(=O)N(CCc1ccccc1)[C@@H](C)C(=O)NC(C)C. The van der Waals surface area contributed by atoms with E-state index in [2.05, 4.69) is 5.32 Å². The van der Waals surface area contributed by atoms with Crippen molar-refractivity contribution in [3.8, 4) is 0 Å². The second-order valence-corrected chi connectivity index (χ2v) is 5.52. The molecule has 1 aromatic rings. The summed E-state index contributed by atoms with van der Waals surface area (Å²) in [6.07, 6.45) is 1.17. The second kappa shape index (κ2) is 8.45. The number of rotatable bonds is 7. The number of benzene rings is 1. The highest BCUT2D eigenvalue weighted by Crippen LogP contribution is 2.07. The lowest BCUT2D eigenvalue weighted by Gasteiger charge is -2.29. The van der Waals surface area contributed by atoms with Gasteiger partial charge in [-0.15, -0.1) is 0 Å². The summed E-state index contributed by atoms with van der Waals surface area (Å²) in [4.78, 5) is 25.9. The van der Waals surface area contributed by atoms with Crippen LogP contribution >= 0.6 is 0 Å². The molecule has 21 heavy (non-hydrogen) atoms. The second-order valence-electron chi connectivity index (χ2n) is 5.52. The van der Waals surface area contributed by atoms with E-state index in [0.29, 0.717) is 13.0 Å². The molecular weight excluding hydrogens is 264 g/mol. The number of carbonyl (C=O) groups excluding carboxylic acids is 2. The molecule has 0 saturated carbocycles. The van der Waals surface area contributed by atoms with E-state index in [1.165, 1.54) is 5.56 Å². The Balaban J connectivity index is 2.71. The molecule has 0 saturated heterocycles. The number of nitrogens with one attached hydrogen (secondary N) is 1. The molecule has 0 aliphatic rings. The molecule has 1 rings (SSSR count). The first-order valence-electron chi connectivity index (χ1n) is 7.59. The smallest absolute Gasteiger partial charge is 0.242 e. The van der Waals surface area contributed by atoms with Crippen LogP contribution in [0.1, 0.15) is 39.7 Å². The third-order valence-corrected chi connectivity index (χ3v) is 3.38. The first kappa shape index (κ1) is 17.2. The van der Waals surface area contributed by atoms with Crippen LogP contribution in [0.3, 0.4) is 0 Å². The zero-order valence-electron chi connectivity index (χ0n) is 13.4. The minimum Gasteiger partial charge on any atom is -0.352 e. The molecule has 2 amide bonds. The molecule has 1 aromatic carbocycles. The van der Waals surface area contributed by atoms with Crippen molar-refractivity contribution in [1.29, 1.82) is 0 Å². The van der Waals surface area contributed by atoms with Crippen LogP contribution in [0.2, 0.25) is 0 Å². The largest absolute Gasteiger partial charge is 0.352 e. The first-order chi connectivity index (χ1) is 9.95. The average Bonchev–Trinajstić information content (AvgIpc) is 2.47. The maximum Gasteiger partial charge on any atom is 0.242 e. The highest BCUT2D eigenvalue weighted by molar-refractivity contribution is 5.87. The highest BCUT2D eigenvalue weighted by atomic mass is 16.2. The van der Waals surface area contributed by atoms with Crippen LogP contribution in [-0.4, -0.2) is 35.3 Å². The topological polar surface area (TPSA) is 49.4 Å². The van der Waals surface area contributed by atoms with Crippen LogP contribution in [0.4, 0.5) is 0 Å². The van der Waals surface area contributed by atoms with Crippen molar-refractivity contribution in [2.24, 2.45) is 0 Å². The molecule has 4 heteroatoms. The molecule has 1 N–H and O–H groups in total. The number of nitrogens with zero attached hydrogens (tertiary/aromatic N) is 1. The Morgan fingerprint density at radius 2 is 1.76 bits per heavy atom. The van der Waals surface area contributed by atoms with E-state index in [9.17, 15) is 9.59 Å². The van der Waals surface area contributed by atoms with Crippen LogP contribution in [0, 0.1) is 0 Å². The van der Waals surface area contributed by atoms with E-state index < -0.39 is 6.04 Å². The van der Waals surface area contributed by atoms with E-state index in [0.717, 1.165) is 6.42 Å². The minimum absolute atomic E-state index is 0.0114. The number of hydrogen-bond acceptors (Lipinski definition) is 2. The highest BCUT2D eigenvalue weighted by Gasteiger charge is 2.24. The molecule has 0 fully saturated rings. The molecule has 0 spiro atoms. The van der Waals surface area contributed by atoms with E-state index in [4.69, 9.17) is 0 Å². The van der Waals surface area contributed by atoms with Gasteiger partial charge in [-0.05, 0) is 32.8 Å². The van der Waals surface area contributed by atoms with Crippen LogP contribution < -0.4 is 5.32 Å². The Hall–Kier alpha value is -1.84. The summed E-state index contributed by atoms with van der Waals surface area (Å²) in [5.74, 6) is -0.0859. The molecule has 0 heterocycles. The summed E-state index contributed by atoms with van der Waals surface area (Å²) in [5.41, 5.74) is 1.17. The molecule has 0 aromatic heterocycles. The van der Waals surface area contributed by atoms with E-state index in [1.807, 2.05) is 51.1 Å². The quantitative estimate of drug-likeness (QED) is 0.838. The fraction of sp³-hybridized carbons (Fsp3) is 0.529. The van der Waals surface area contributed by atoms with Gasteiger partial charge < -0.3 is 10.2 Å². The van der Waals surface area contributed by atoms with Crippen LogP contribution in [0.5, 0.6) is 0 Å². The zero-order valence-corrected chi connectivity index (χ0v) is 13.4. The van der Waals surface area contributed by atoms with Crippen molar-refractivity contribution >= 4 is 11.8 Å². The molecule has 116 valence electrons. The maximum atomic E-state index is 12.1. The molecule has 0 aliphatic carbocycles. The average molecular weight is 290 g/mol. The lowest BCUT2D eigenvalue weighted by atomic mass is 10.1. The Labute approximate surface area is 127 Å². The van der Waals surface area contributed by atoms with Crippen LogP contribution in [-0.2, 0) is 16.0 Å². The maximum absolute atomic E-state index is 12.1. The standard InChI is InChI=1S/C17H26N2O2/c1-5-16(20)19(14(4)17(21)18-13(2)3)12-11-15-9-7-6-8-10-15/h6-10,13-14H,5,11-12H2,1-4H3,(H,18,21)/t14-/m0/s1. The normalized spacial score (nSPS) is 12.0. The van der Waals surface area contributed by atoms with Gasteiger partial charge in [-0.3, -0.25) is 9.59 Å². The summed E-state index contributed by atoms with van der Waals surface area (Å²) in [7, 11) is 0. The van der Waals surface area contributed by atoms with Gasteiger partial charge >= 0.3 is 0 Å². The van der Waals surface area contributed by atoms with Gasteiger partial charge in [0.15, 0.2) is 0 Å². The summed E-state index contributed by atoms with van der Waals surface area (Å²) in [5, 5.41) is 2.87. The number of carbonyl (C=O) groups is 2. The van der Waals surface area contributed by atoms with Crippen molar-refractivity contribution in [2.45, 2.75) is 52.6 Å². The Morgan fingerprint density at radius 3 is 2.29 bits per heavy atom. The van der Waals surface area contributed by atoms with Crippen molar-refractivity contribution < 1.29 is 9.59 Å². The van der Waals surface area contributed by atoms with E-state index >= 15 is 0 Å². The minimum atomic E-state index is -0.441. The van der Waals surface area contributed by atoms with E-state index in [-0.39, 0.29) is 17.9 Å². The molecular formula is C17H26N2O2. The molecule has 1 atom stereocenters. The van der Waals surface area contributed by atoms with Crippen molar-refractivity contribution in [3.63, 3.8) is 0 Å². The molecule has 0 radical (unpaired) electrons. The van der Waals surface area contributed by atoms with Gasteiger partial charge in [-0.25, -0.2) is 0 Å². The number of hydrogen-bond donors (Lipinski definition) is 1. The van der Waals surface area contributed by atoms with Crippen molar-refractivity contribution in [3.05, 3.63) is 35.9 Å². The lowest BCUT2D eigenvalue weighted by molar-refractivity contribution is -0.139. The summed E-state index contributed by atoms with van der Waals surface area (Å²) in [6.45, 7) is 8.01. The Morgan fingerprint density at radius 1 is 1.14 bits per heavy atom. The lowest BCUT2D eigenvalue weighted by Crippen LogP contribution is -2.50. The van der Waals surface area contributed by atoms with Crippen molar-refractivity contribution in [1.82, 2.24) is 10.2 Å². The molecule has 0 unspecified atom stereocenters. The van der Waals surface area contributed by atoms with Gasteiger partial charge in [0.1, 0.15) is 6.04 Å². The van der Waals surface area contributed by atoms with Gasteiger partial charge in [0.2, 0.25) is 11.8 Å². The predicted octanol–water partition coefficient (Wildman–Crippen LogP) is 2.38. The third kappa shape index (κ3) is 5.58. The fourth-order valence-corrected chi connectivity index (χ4v) is 2.18. The van der Waals surface area contributed by atoms with E-state index in [1.54, 1.807) is 11.8 Å². The van der Waals surface area contributed by atoms with Gasteiger partial charge in [0, 0.05) is 19.0 Å². The van der Waals surface area contributed by atoms with Crippen LogP contribution in [0.15, 0.2) is 30.3 Å². The van der Waals surface area contributed by atoms with Gasteiger partial charge in [-0.2, -0.15) is 0 Å². The Kier molecular flexibility index (Phi) is 6.92. The summed E-state index contributed by atoms with van der Waals surface area (Å²) >= 11 is 0. The zero-order chi connectivity index (χ0) is 15.8. The first-order valence-corrected chi connectivity index (χ1v) is 7.59. The van der Waals surface area contributed by atoms with Crippen LogP contribution in [0.25, 0.3) is 0 Å². The summed E-state index contributed by atoms with van der Waals surface area (Å²) < 4.78 is 0. The van der Waals surface area contributed by atoms with Gasteiger partial charge in [-0.1, -0.05) is 37.3 Å². The Bertz CT molecular complexity index is 457. The molecule has 4 nitrogen and oxygen atoms in total. The summed E-state index contributed by atoms with van der Waals surface area (Å²) in [6, 6.07) is 9.64. The molecule has 0 aliphatic heterocycles. The fourth-order valence-electron chi connectivity index (χ4n) is 2.18. The van der Waals surface area contributed by atoms with Gasteiger partial charge in [0.25, 0.3) is 0 Å². The molecule has 0 bridgehead atoms. The third-order valence-electron chi connectivity index (χ3n) is 3.38. The monoisotopic (exact) mass is 290 g/mol. The number of amides is 2. The van der Waals surface area contributed by atoms with Crippen molar-refractivity contribution in [2.75, 3.05) is 6.54 Å².